The van der Waals surface area contributed by atoms with E-state index in [4.69, 9.17) is 0 Å². The number of rotatable bonds is 3. The molecule has 0 aromatic heterocycles. The summed E-state index contributed by atoms with van der Waals surface area (Å²) in [5, 5.41) is 0. The van der Waals surface area contributed by atoms with Crippen LogP contribution in [0.2, 0.25) is 0 Å². The molecular weight excluding hydrogens is 192 g/mol. The lowest BCUT2D eigenvalue weighted by Gasteiger charge is -2.23. The Balaban J connectivity index is 0. The van der Waals surface area contributed by atoms with Gasteiger partial charge in [-0.05, 0) is 28.9 Å². The zero-order chi connectivity index (χ0) is 10.8. The van der Waals surface area contributed by atoms with Crippen LogP contribution in [-0.2, 0) is 5.41 Å². The lowest BCUT2D eigenvalue weighted by molar-refractivity contribution is 0.506. The molecule has 0 nitrogen and oxygen atoms in total. The summed E-state index contributed by atoms with van der Waals surface area (Å²) in [6.07, 6.45) is 1.19. The molecule has 1 aromatic carbocycles. The average molecular weight is 222 g/mol. The van der Waals surface area contributed by atoms with Gasteiger partial charge < -0.3 is 0 Å². The summed E-state index contributed by atoms with van der Waals surface area (Å²) >= 11 is 0. The molecule has 0 saturated heterocycles. The third kappa shape index (κ3) is 4.00. The molecule has 0 unspecified atom stereocenters. The summed E-state index contributed by atoms with van der Waals surface area (Å²) < 4.78 is 0. The van der Waals surface area contributed by atoms with E-state index in [1.165, 1.54) is 17.5 Å². The van der Waals surface area contributed by atoms with E-state index in [0.717, 1.165) is 0 Å². The fourth-order valence-electron chi connectivity index (χ4n) is 1.52. The first-order chi connectivity index (χ1) is 6.47. The molecule has 94 valence electrons. The van der Waals surface area contributed by atoms with E-state index < -0.39 is 0 Å². The van der Waals surface area contributed by atoms with Gasteiger partial charge in [-0.3, -0.25) is 0 Å². The van der Waals surface area contributed by atoms with Crippen LogP contribution in [0, 0.1) is 0 Å². The van der Waals surface area contributed by atoms with Gasteiger partial charge >= 0.3 is 0 Å². The van der Waals surface area contributed by atoms with Crippen molar-refractivity contribution >= 4 is 0 Å². The number of hydrogen-bond acceptors (Lipinski definition) is 0. The molecule has 1 aromatic rings. The van der Waals surface area contributed by atoms with Gasteiger partial charge in [0.15, 0.2) is 0 Å². The minimum absolute atomic E-state index is 0. The first-order valence-corrected chi connectivity index (χ1v) is 5.58. The normalized spacial score (nSPS) is 10.6. The minimum atomic E-state index is 0. The number of hydrogen-bond donors (Lipinski definition) is 0. The lowest BCUT2D eigenvalue weighted by Crippen LogP contribution is -2.15. The third-order valence-corrected chi connectivity index (χ3v) is 3.24. The van der Waals surface area contributed by atoms with Crippen molar-refractivity contribution in [2.24, 2.45) is 0 Å². The Morgan fingerprint density at radius 1 is 1.00 bits per heavy atom. The highest BCUT2D eigenvalue weighted by Crippen LogP contribution is 2.27. The van der Waals surface area contributed by atoms with Gasteiger partial charge in [-0.1, -0.05) is 73.7 Å². The molecular formula is C16H30. The van der Waals surface area contributed by atoms with Gasteiger partial charge in [0.05, 0.1) is 0 Å². The van der Waals surface area contributed by atoms with E-state index in [9.17, 15) is 0 Å². The van der Waals surface area contributed by atoms with Crippen LogP contribution in [0.4, 0.5) is 0 Å². The van der Waals surface area contributed by atoms with Gasteiger partial charge in [0.2, 0.25) is 0 Å². The van der Waals surface area contributed by atoms with Gasteiger partial charge in [-0.2, -0.15) is 0 Å². The van der Waals surface area contributed by atoms with Crippen LogP contribution in [0.15, 0.2) is 24.3 Å². The summed E-state index contributed by atoms with van der Waals surface area (Å²) in [5.41, 5.74) is 3.19. The maximum atomic E-state index is 2.30. The van der Waals surface area contributed by atoms with Gasteiger partial charge in [-0.15, -0.1) is 0 Å². The Morgan fingerprint density at radius 2 is 1.44 bits per heavy atom. The van der Waals surface area contributed by atoms with Crippen LogP contribution >= 0.6 is 0 Å². The molecule has 0 bridgehead atoms. The Bertz CT molecular complexity index is 277. The predicted molar refractivity (Wildman–Crippen MR) is 77.3 cm³/mol. The molecule has 0 fully saturated rings. The highest BCUT2D eigenvalue weighted by Gasteiger charge is 2.17. The molecule has 0 amide bonds. The molecule has 0 heteroatoms. The van der Waals surface area contributed by atoms with Gasteiger partial charge in [0, 0.05) is 0 Å². The van der Waals surface area contributed by atoms with Crippen molar-refractivity contribution in [3.05, 3.63) is 35.4 Å². The smallest absolute Gasteiger partial charge is 0.0106 e. The van der Waals surface area contributed by atoms with E-state index in [1.807, 2.05) is 0 Å². The van der Waals surface area contributed by atoms with Crippen LogP contribution in [0.1, 0.15) is 72.9 Å². The van der Waals surface area contributed by atoms with Gasteiger partial charge in [0.1, 0.15) is 0 Å². The van der Waals surface area contributed by atoms with Crippen molar-refractivity contribution in [3.63, 3.8) is 0 Å². The van der Waals surface area contributed by atoms with Crippen molar-refractivity contribution in [1.82, 2.24) is 0 Å². The SMILES string of the molecule is C.C.CCC(C)(C)c1ccc(C(C)C)cc1. The van der Waals surface area contributed by atoms with E-state index in [0.29, 0.717) is 11.3 Å². The zero-order valence-electron chi connectivity index (χ0n) is 10.1. The van der Waals surface area contributed by atoms with E-state index >= 15 is 0 Å². The van der Waals surface area contributed by atoms with Crippen molar-refractivity contribution in [1.29, 1.82) is 0 Å². The Hall–Kier alpha value is -0.780. The second kappa shape index (κ2) is 6.73. The van der Waals surface area contributed by atoms with E-state index in [1.54, 1.807) is 0 Å². The minimum Gasteiger partial charge on any atom is -0.0776 e. The van der Waals surface area contributed by atoms with Gasteiger partial charge in [0.25, 0.3) is 0 Å². The first-order valence-electron chi connectivity index (χ1n) is 5.58. The predicted octanol–water partition coefficient (Wildman–Crippen LogP) is 5.77. The molecule has 0 aliphatic heterocycles. The maximum Gasteiger partial charge on any atom is -0.0106 e. The van der Waals surface area contributed by atoms with Crippen LogP contribution < -0.4 is 0 Å². The molecule has 1 rings (SSSR count). The van der Waals surface area contributed by atoms with Crippen molar-refractivity contribution < 1.29 is 0 Å². The summed E-state index contributed by atoms with van der Waals surface area (Å²) in [6, 6.07) is 9.08. The summed E-state index contributed by atoms with van der Waals surface area (Å²) in [6.45, 7) is 11.3. The molecule has 0 N–H and O–H groups in total. The van der Waals surface area contributed by atoms with Crippen LogP contribution in [0.3, 0.4) is 0 Å². The maximum absolute atomic E-state index is 2.30. The highest BCUT2D eigenvalue weighted by molar-refractivity contribution is 5.29. The van der Waals surface area contributed by atoms with Crippen molar-refractivity contribution in [3.8, 4) is 0 Å². The average Bonchev–Trinajstić information content (AvgIpc) is 2.18. The molecule has 0 radical (unpaired) electrons. The molecule has 0 spiro atoms. The Morgan fingerprint density at radius 3 is 1.75 bits per heavy atom. The van der Waals surface area contributed by atoms with Gasteiger partial charge in [-0.25, -0.2) is 0 Å². The van der Waals surface area contributed by atoms with Crippen molar-refractivity contribution in [2.45, 2.75) is 67.2 Å². The molecule has 16 heavy (non-hydrogen) atoms. The zero-order valence-corrected chi connectivity index (χ0v) is 10.1. The van der Waals surface area contributed by atoms with Crippen LogP contribution in [0.25, 0.3) is 0 Å². The lowest BCUT2D eigenvalue weighted by atomic mass is 9.81. The standard InChI is InChI=1S/C14H22.2CH4/c1-6-14(4,5)13-9-7-12(8-10-13)11(2)3;;/h7-11H,6H2,1-5H3;2*1H4. The highest BCUT2D eigenvalue weighted by atomic mass is 14.2. The summed E-state index contributed by atoms with van der Waals surface area (Å²) in [4.78, 5) is 0. The fraction of sp³-hybridized carbons (Fsp3) is 0.625. The van der Waals surface area contributed by atoms with Crippen molar-refractivity contribution in [2.75, 3.05) is 0 Å². The summed E-state index contributed by atoms with van der Waals surface area (Å²) in [7, 11) is 0. The molecule has 0 heterocycles. The topological polar surface area (TPSA) is 0 Å². The fourth-order valence-corrected chi connectivity index (χ4v) is 1.52. The van der Waals surface area contributed by atoms with E-state index in [-0.39, 0.29) is 14.9 Å². The second-order valence-corrected chi connectivity index (χ2v) is 5.01. The third-order valence-electron chi connectivity index (χ3n) is 3.24. The quantitative estimate of drug-likeness (QED) is 0.609. The number of benzene rings is 1. The van der Waals surface area contributed by atoms with Crippen LogP contribution in [-0.4, -0.2) is 0 Å². The second-order valence-electron chi connectivity index (χ2n) is 5.01. The van der Waals surface area contributed by atoms with Crippen LogP contribution in [0.5, 0.6) is 0 Å². The molecule has 0 atom stereocenters. The first kappa shape index (κ1) is 17.6. The molecule has 0 aliphatic rings. The Kier molecular flexibility index (Phi) is 7.40. The molecule has 0 saturated carbocycles. The Labute approximate surface area is 103 Å². The summed E-state index contributed by atoms with van der Waals surface area (Å²) in [5.74, 6) is 0.633. The molecule has 0 aliphatic carbocycles. The van der Waals surface area contributed by atoms with E-state index in [2.05, 4.69) is 58.9 Å². The monoisotopic (exact) mass is 222 g/mol. The largest absolute Gasteiger partial charge is 0.0776 e.